The summed E-state index contributed by atoms with van der Waals surface area (Å²) < 4.78 is 12.3. The topological polar surface area (TPSA) is 176 Å². The number of pyridine rings is 1. The zero-order chi connectivity index (χ0) is 29.4. The number of nitrogens with zero attached hydrogens (tertiary/aromatic N) is 7. The van der Waals surface area contributed by atoms with E-state index in [1.54, 1.807) is 18.5 Å². The van der Waals surface area contributed by atoms with Crippen LogP contribution >= 0.6 is 11.6 Å². The summed E-state index contributed by atoms with van der Waals surface area (Å²) in [6.45, 7) is 6.83. The molecule has 13 nitrogen and oxygen atoms in total. The van der Waals surface area contributed by atoms with Crippen LogP contribution in [0.3, 0.4) is 0 Å². The van der Waals surface area contributed by atoms with Crippen molar-refractivity contribution >= 4 is 40.5 Å². The largest absolute Gasteiger partial charge is 0.439 e. The van der Waals surface area contributed by atoms with Crippen molar-refractivity contribution in [3.05, 3.63) is 46.7 Å². The third kappa shape index (κ3) is 5.43. The van der Waals surface area contributed by atoms with Crippen molar-refractivity contribution in [2.45, 2.75) is 58.0 Å². The second kappa shape index (κ2) is 11.5. The lowest BCUT2D eigenvalue weighted by Gasteiger charge is -2.30. The van der Waals surface area contributed by atoms with Crippen molar-refractivity contribution in [3.63, 3.8) is 0 Å². The molecule has 1 aliphatic carbocycles. The van der Waals surface area contributed by atoms with Gasteiger partial charge in [-0.05, 0) is 56.4 Å². The maximum atomic E-state index is 11.8. The summed E-state index contributed by atoms with van der Waals surface area (Å²) in [7, 11) is 0. The fourth-order valence-corrected chi connectivity index (χ4v) is 6.14. The van der Waals surface area contributed by atoms with Crippen molar-refractivity contribution in [2.24, 2.45) is 11.8 Å². The molecule has 1 saturated heterocycles. The molecular weight excluding hydrogens is 560 g/mol. The molecule has 5 heterocycles. The van der Waals surface area contributed by atoms with Gasteiger partial charge in [-0.3, -0.25) is 25.3 Å². The highest BCUT2D eigenvalue weighted by atomic mass is 35.5. The van der Waals surface area contributed by atoms with E-state index < -0.39 is 5.76 Å². The van der Waals surface area contributed by atoms with E-state index in [1.807, 2.05) is 6.08 Å². The van der Waals surface area contributed by atoms with Crippen molar-refractivity contribution in [1.29, 1.82) is 10.8 Å². The van der Waals surface area contributed by atoms with Crippen molar-refractivity contribution in [2.75, 3.05) is 11.4 Å². The molecule has 4 aromatic heterocycles. The lowest BCUT2D eigenvalue weighted by molar-refractivity contribution is 0.284. The number of nitrogens with one attached hydrogen (secondary N) is 3. The Morgan fingerprint density at radius 2 is 2.02 bits per heavy atom. The van der Waals surface area contributed by atoms with E-state index in [1.165, 1.54) is 6.92 Å². The number of allylic oxidation sites excluding steroid dienone is 1. The molecule has 0 radical (unpaired) electrons. The van der Waals surface area contributed by atoms with E-state index in [0.717, 1.165) is 32.1 Å². The normalized spacial score (nSPS) is 20.6. The summed E-state index contributed by atoms with van der Waals surface area (Å²) in [6.07, 6.45) is 11.0. The van der Waals surface area contributed by atoms with Gasteiger partial charge in [0, 0.05) is 38.0 Å². The lowest BCUT2D eigenvalue weighted by Crippen LogP contribution is -2.39. The van der Waals surface area contributed by atoms with Crippen LogP contribution in [0.15, 0.2) is 40.4 Å². The summed E-state index contributed by atoms with van der Waals surface area (Å²) in [5.74, 6) is 1.02. The van der Waals surface area contributed by atoms with E-state index >= 15 is 0 Å². The van der Waals surface area contributed by atoms with E-state index in [2.05, 4.69) is 31.2 Å². The van der Waals surface area contributed by atoms with Crippen molar-refractivity contribution in [1.82, 2.24) is 34.6 Å². The summed E-state index contributed by atoms with van der Waals surface area (Å²) in [5.41, 5.74) is 2.27. The molecule has 14 heteroatoms. The zero-order valence-corrected chi connectivity index (χ0v) is 23.9. The van der Waals surface area contributed by atoms with Crippen molar-refractivity contribution < 1.29 is 9.26 Å². The second-order valence-electron chi connectivity index (χ2n) is 10.8. The molecule has 0 amide bonds. The minimum absolute atomic E-state index is 0.0105. The third-order valence-electron chi connectivity index (χ3n) is 7.95. The Bertz CT molecular complexity index is 1720. The Kier molecular flexibility index (Phi) is 7.58. The van der Waals surface area contributed by atoms with Crippen LogP contribution in [0.25, 0.3) is 34.1 Å². The Morgan fingerprint density at radius 3 is 2.71 bits per heavy atom. The third-order valence-corrected chi connectivity index (χ3v) is 8.16. The molecule has 4 aromatic rings. The highest BCUT2D eigenvalue weighted by Gasteiger charge is 2.35. The fraction of sp³-hybridized carbons (Fsp3) is 0.429. The molecule has 42 heavy (non-hydrogen) atoms. The predicted octanol–water partition coefficient (Wildman–Crippen LogP) is 4.84. The van der Waals surface area contributed by atoms with E-state index in [4.69, 9.17) is 46.6 Å². The highest BCUT2D eigenvalue weighted by Crippen LogP contribution is 2.38. The molecular formula is C28H31ClN10O3. The van der Waals surface area contributed by atoms with Crippen LogP contribution < -0.4 is 10.7 Å². The number of anilines is 1. The number of aromatic nitrogens is 7. The maximum absolute atomic E-state index is 11.8. The number of aromatic amines is 1. The fourth-order valence-electron chi connectivity index (χ4n) is 5.97. The SMILES string of the molecule is C=CC1CCC(Cn2c(N3CCCC3C(=N)OC(C)=N)nc3nc(-c4noc(=O)[nH]4)nc(-c4cncc(Cl)c4)c32)CC1. The highest BCUT2D eigenvalue weighted by molar-refractivity contribution is 6.30. The first kappa shape index (κ1) is 27.8. The first-order valence-corrected chi connectivity index (χ1v) is 14.3. The van der Waals surface area contributed by atoms with Gasteiger partial charge in [0.25, 0.3) is 0 Å². The number of H-pyrrole nitrogens is 1. The minimum Gasteiger partial charge on any atom is -0.428 e. The molecule has 1 unspecified atom stereocenters. The van der Waals surface area contributed by atoms with Crippen LogP contribution in [0.2, 0.25) is 5.02 Å². The van der Waals surface area contributed by atoms with Crippen LogP contribution in [-0.2, 0) is 11.3 Å². The van der Waals surface area contributed by atoms with E-state index in [-0.39, 0.29) is 29.5 Å². The summed E-state index contributed by atoms with van der Waals surface area (Å²) >= 11 is 6.36. The molecule has 1 aliphatic heterocycles. The monoisotopic (exact) mass is 590 g/mol. The molecule has 2 fully saturated rings. The number of hydrogen-bond acceptors (Lipinski definition) is 11. The van der Waals surface area contributed by atoms with Crippen LogP contribution in [0.4, 0.5) is 5.95 Å². The van der Waals surface area contributed by atoms with Gasteiger partial charge in [0.05, 0.1) is 5.02 Å². The van der Waals surface area contributed by atoms with Gasteiger partial charge in [0.1, 0.15) is 17.3 Å². The number of hydrogen-bond donors (Lipinski definition) is 3. The zero-order valence-electron chi connectivity index (χ0n) is 23.1. The average molecular weight is 591 g/mol. The standard InChI is InChI=1S/C28H31ClN10O3/c1-3-16-6-8-17(9-7-16)14-39-22-21(18-11-19(29)13-32-12-18)33-25(26-36-28(40)42-37-26)34-24(22)35-27(39)38-10-4-5-20(38)23(31)41-15(2)30/h3,11-13,16-17,20,30-31H,1,4-10,14H2,2H3,(H,36,37,40). The minimum atomic E-state index is -0.721. The molecule has 0 bridgehead atoms. The summed E-state index contributed by atoms with van der Waals surface area (Å²) in [5, 5.41) is 20.6. The predicted molar refractivity (Wildman–Crippen MR) is 158 cm³/mol. The smallest absolute Gasteiger partial charge is 0.428 e. The van der Waals surface area contributed by atoms with Gasteiger partial charge in [0.15, 0.2) is 11.5 Å². The molecule has 1 atom stereocenters. The Balaban J connectivity index is 1.55. The average Bonchev–Trinajstić information content (AvgIpc) is 3.71. The van der Waals surface area contributed by atoms with Gasteiger partial charge in [-0.15, -0.1) is 6.58 Å². The molecule has 218 valence electrons. The van der Waals surface area contributed by atoms with Gasteiger partial charge in [-0.1, -0.05) is 22.8 Å². The van der Waals surface area contributed by atoms with Crippen LogP contribution in [0, 0.1) is 22.7 Å². The number of rotatable bonds is 7. The molecule has 2 aliphatic rings. The number of halogens is 1. The van der Waals surface area contributed by atoms with Gasteiger partial charge in [-0.2, -0.15) is 4.98 Å². The summed E-state index contributed by atoms with van der Waals surface area (Å²) in [4.78, 5) is 35.2. The van der Waals surface area contributed by atoms with E-state index in [0.29, 0.717) is 64.7 Å². The number of ether oxygens (including phenoxy) is 1. The van der Waals surface area contributed by atoms with Crippen LogP contribution in [0.1, 0.15) is 45.4 Å². The first-order valence-electron chi connectivity index (χ1n) is 14.0. The van der Waals surface area contributed by atoms with E-state index in [9.17, 15) is 4.79 Å². The quantitative estimate of drug-likeness (QED) is 0.154. The number of fused-ring (bicyclic) bond motifs is 1. The lowest BCUT2D eigenvalue weighted by atomic mass is 9.82. The summed E-state index contributed by atoms with van der Waals surface area (Å²) in [6, 6.07) is 1.39. The molecule has 1 saturated carbocycles. The molecule has 3 N–H and O–H groups in total. The van der Waals surface area contributed by atoms with Gasteiger partial charge < -0.3 is 14.2 Å². The Hall–Kier alpha value is -4.39. The molecule has 0 aromatic carbocycles. The Labute approximate surface area is 246 Å². The van der Waals surface area contributed by atoms with Gasteiger partial charge in [-0.25, -0.2) is 14.8 Å². The number of imidazole rings is 1. The van der Waals surface area contributed by atoms with Crippen molar-refractivity contribution in [3.8, 4) is 22.9 Å². The van der Waals surface area contributed by atoms with Gasteiger partial charge >= 0.3 is 5.76 Å². The van der Waals surface area contributed by atoms with Crippen LogP contribution in [-0.4, -0.2) is 59.0 Å². The molecule has 0 spiro atoms. The Morgan fingerprint density at radius 1 is 1.21 bits per heavy atom. The van der Waals surface area contributed by atoms with Gasteiger partial charge in [0.2, 0.25) is 23.5 Å². The second-order valence-corrected chi connectivity index (χ2v) is 11.3. The maximum Gasteiger partial charge on any atom is 0.439 e. The first-order chi connectivity index (χ1) is 20.3. The molecule has 6 rings (SSSR count). The van der Waals surface area contributed by atoms with Crippen LogP contribution in [0.5, 0.6) is 0 Å².